The molecule has 17 heavy (non-hydrogen) atoms. The lowest BCUT2D eigenvalue weighted by Crippen LogP contribution is -2.16. The normalized spacial score (nSPS) is 16.1. The number of nitrogens with one attached hydrogen (secondary N) is 1. The molecule has 1 aliphatic rings. The number of methoxy groups -OCH3 is 1. The van der Waals surface area contributed by atoms with E-state index in [4.69, 9.17) is 4.74 Å². The highest BCUT2D eigenvalue weighted by molar-refractivity contribution is 5.39. The van der Waals surface area contributed by atoms with Crippen molar-refractivity contribution in [3.8, 4) is 5.88 Å². The molecule has 0 radical (unpaired) electrons. The van der Waals surface area contributed by atoms with Gasteiger partial charge in [0.05, 0.1) is 7.11 Å². The summed E-state index contributed by atoms with van der Waals surface area (Å²) in [6, 6.07) is 2.46. The van der Waals surface area contributed by atoms with Gasteiger partial charge in [-0.3, -0.25) is 0 Å². The third-order valence-corrected chi connectivity index (χ3v) is 3.14. The fourth-order valence-corrected chi connectivity index (χ4v) is 2.27. The van der Waals surface area contributed by atoms with E-state index >= 15 is 0 Å². The van der Waals surface area contributed by atoms with E-state index in [0.717, 1.165) is 24.5 Å². The summed E-state index contributed by atoms with van der Waals surface area (Å²) < 4.78 is 5.22. The number of hydrogen-bond acceptors (Lipinski definition) is 4. The Morgan fingerprint density at radius 1 is 1.35 bits per heavy atom. The van der Waals surface area contributed by atoms with Crippen molar-refractivity contribution in [3.63, 3.8) is 0 Å². The standard InChI is InChI=1S/C13H21N3O/c1-3-6-11-15-12(9-13(16-11)17-2)14-10-7-4-5-8-10/h9-10H,3-8H2,1-2H3,(H,14,15,16). The number of rotatable bonds is 5. The predicted molar refractivity (Wildman–Crippen MR) is 68.5 cm³/mol. The summed E-state index contributed by atoms with van der Waals surface area (Å²) in [6.45, 7) is 2.13. The van der Waals surface area contributed by atoms with Crippen molar-refractivity contribution in [2.24, 2.45) is 0 Å². The molecule has 0 aromatic carbocycles. The molecule has 1 aliphatic carbocycles. The summed E-state index contributed by atoms with van der Waals surface area (Å²) >= 11 is 0. The molecule has 1 aromatic heterocycles. The highest BCUT2D eigenvalue weighted by Crippen LogP contribution is 2.23. The summed E-state index contributed by atoms with van der Waals surface area (Å²) in [5, 5.41) is 3.48. The third kappa shape index (κ3) is 3.32. The van der Waals surface area contributed by atoms with Gasteiger partial charge in [-0.05, 0) is 19.3 Å². The number of ether oxygens (including phenoxy) is 1. The molecule has 1 N–H and O–H groups in total. The summed E-state index contributed by atoms with van der Waals surface area (Å²) in [4.78, 5) is 8.88. The lowest BCUT2D eigenvalue weighted by molar-refractivity contribution is 0.395. The molecule has 0 amide bonds. The zero-order valence-electron chi connectivity index (χ0n) is 10.7. The zero-order valence-corrected chi connectivity index (χ0v) is 10.7. The maximum absolute atomic E-state index is 5.22. The van der Waals surface area contributed by atoms with Crippen molar-refractivity contribution in [2.75, 3.05) is 12.4 Å². The molecule has 1 fully saturated rings. The van der Waals surface area contributed by atoms with Crippen LogP contribution in [0.2, 0.25) is 0 Å². The Kier molecular flexibility index (Phi) is 4.18. The Morgan fingerprint density at radius 3 is 2.76 bits per heavy atom. The van der Waals surface area contributed by atoms with Crippen LogP contribution >= 0.6 is 0 Å². The van der Waals surface area contributed by atoms with Gasteiger partial charge in [-0.15, -0.1) is 0 Å². The number of hydrogen-bond donors (Lipinski definition) is 1. The highest BCUT2D eigenvalue weighted by atomic mass is 16.5. The molecule has 4 heteroatoms. The topological polar surface area (TPSA) is 47.0 Å². The first kappa shape index (κ1) is 12.1. The lowest BCUT2D eigenvalue weighted by Gasteiger charge is -2.14. The van der Waals surface area contributed by atoms with Crippen LogP contribution in [0.3, 0.4) is 0 Å². The van der Waals surface area contributed by atoms with E-state index in [1.54, 1.807) is 7.11 Å². The maximum atomic E-state index is 5.22. The molecule has 0 spiro atoms. The van der Waals surface area contributed by atoms with Gasteiger partial charge in [0.15, 0.2) is 0 Å². The number of nitrogens with zero attached hydrogens (tertiary/aromatic N) is 2. The second-order valence-electron chi connectivity index (χ2n) is 4.59. The van der Waals surface area contributed by atoms with Crippen molar-refractivity contribution in [3.05, 3.63) is 11.9 Å². The largest absolute Gasteiger partial charge is 0.481 e. The van der Waals surface area contributed by atoms with Gasteiger partial charge < -0.3 is 10.1 Å². The van der Waals surface area contributed by atoms with Crippen molar-refractivity contribution >= 4 is 5.82 Å². The first-order valence-corrected chi connectivity index (χ1v) is 6.50. The van der Waals surface area contributed by atoms with Crippen molar-refractivity contribution < 1.29 is 4.74 Å². The molecule has 0 atom stereocenters. The fraction of sp³-hybridized carbons (Fsp3) is 0.692. The fourth-order valence-electron chi connectivity index (χ4n) is 2.27. The minimum Gasteiger partial charge on any atom is -0.481 e. The van der Waals surface area contributed by atoms with Crippen LogP contribution in [0.15, 0.2) is 6.07 Å². The van der Waals surface area contributed by atoms with Crippen molar-refractivity contribution in [2.45, 2.75) is 51.5 Å². The van der Waals surface area contributed by atoms with E-state index in [-0.39, 0.29) is 0 Å². The maximum Gasteiger partial charge on any atom is 0.218 e. The first-order valence-electron chi connectivity index (χ1n) is 6.50. The summed E-state index contributed by atoms with van der Waals surface area (Å²) in [5.41, 5.74) is 0. The molecule has 4 nitrogen and oxygen atoms in total. The SMILES string of the molecule is CCCc1nc(NC2CCCC2)cc(OC)n1. The van der Waals surface area contributed by atoms with Crippen LogP contribution in [-0.4, -0.2) is 23.1 Å². The van der Waals surface area contributed by atoms with E-state index in [1.165, 1.54) is 25.7 Å². The van der Waals surface area contributed by atoms with E-state index in [0.29, 0.717) is 11.9 Å². The molecule has 1 heterocycles. The molecule has 0 saturated heterocycles. The van der Waals surface area contributed by atoms with Gasteiger partial charge in [0.1, 0.15) is 11.6 Å². The Hall–Kier alpha value is -1.32. The molecule has 2 rings (SSSR count). The zero-order chi connectivity index (χ0) is 12.1. The van der Waals surface area contributed by atoms with E-state index in [2.05, 4.69) is 22.2 Å². The molecule has 94 valence electrons. The van der Waals surface area contributed by atoms with Crippen LogP contribution < -0.4 is 10.1 Å². The van der Waals surface area contributed by atoms with Gasteiger partial charge in [0.2, 0.25) is 5.88 Å². The van der Waals surface area contributed by atoms with E-state index < -0.39 is 0 Å². The molecule has 1 saturated carbocycles. The third-order valence-electron chi connectivity index (χ3n) is 3.14. The van der Waals surface area contributed by atoms with Gasteiger partial charge in [-0.1, -0.05) is 19.8 Å². The monoisotopic (exact) mass is 235 g/mol. The predicted octanol–water partition coefficient (Wildman–Crippen LogP) is 2.79. The molecule has 0 aliphatic heterocycles. The molecule has 1 aromatic rings. The molecule has 0 unspecified atom stereocenters. The average Bonchev–Trinajstić information content (AvgIpc) is 2.82. The van der Waals surface area contributed by atoms with Crippen LogP contribution in [0.25, 0.3) is 0 Å². The van der Waals surface area contributed by atoms with Crippen LogP contribution in [0.5, 0.6) is 5.88 Å². The summed E-state index contributed by atoms with van der Waals surface area (Å²) in [5.74, 6) is 2.43. The summed E-state index contributed by atoms with van der Waals surface area (Å²) in [6.07, 6.45) is 7.08. The van der Waals surface area contributed by atoms with Gasteiger partial charge in [0.25, 0.3) is 0 Å². The Morgan fingerprint density at radius 2 is 2.12 bits per heavy atom. The van der Waals surface area contributed by atoms with Gasteiger partial charge in [-0.2, -0.15) is 4.98 Å². The van der Waals surface area contributed by atoms with Crippen LogP contribution in [-0.2, 0) is 6.42 Å². The smallest absolute Gasteiger partial charge is 0.218 e. The Labute approximate surface area is 103 Å². The second kappa shape index (κ2) is 5.84. The minimum absolute atomic E-state index is 0.573. The number of anilines is 1. The van der Waals surface area contributed by atoms with E-state index in [1.807, 2.05) is 6.07 Å². The van der Waals surface area contributed by atoms with Crippen LogP contribution in [0.1, 0.15) is 44.9 Å². The van der Waals surface area contributed by atoms with Gasteiger partial charge >= 0.3 is 0 Å². The highest BCUT2D eigenvalue weighted by Gasteiger charge is 2.15. The Balaban J connectivity index is 2.10. The average molecular weight is 235 g/mol. The molecule has 0 bridgehead atoms. The van der Waals surface area contributed by atoms with E-state index in [9.17, 15) is 0 Å². The molecular weight excluding hydrogens is 214 g/mol. The quantitative estimate of drug-likeness (QED) is 0.852. The Bertz CT molecular complexity index is 362. The van der Waals surface area contributed by atoms with Crippen molar-refractivity contribution in [1.82, 2.24) is 9.97 Å². The van der Waals surface area contributed by atoms with Gasteiger partial charge in [-0.25, -0.2) is 4.98 Å². The summed E-state index contributed by atoms with van der Waals surface area (Å²) in [7, 11) is 1.65. The van der Waals surface area contributed by atoms with Gasteiger partial charge in [0, 0.05) is 18.5 Å². The lowest BCUT2D eigenvalue weighted by atomic mass is 10.2. The number of aromatic nitrogens is 2. The van der Waals surface area contributed by atoms with Crippen LogP contribution in [0.4, 0.5) is 5.82 Å². The van der Waals surface area contributed by atoms with Crippen molar-refractivity contribution in [1.29, 1.82) is 0 Å². The number of aryl methyl sites for hydroxylation is 1. The molecular formula is C13H21N3O. The first-order chi connectivity index (χ1) is 8.31. The second-order valence-corrected chi connectivity index (χ2v) is 4.59. The minimum atomic E-state index is 0.573. The van der Waals surface area contributed by atoms with Crippen LogP contribution in [0, 0.1) is 0 Å².